The van der Waals surface area contributed by atoms with Crippen molar-refractivity contribution in [1.82, 2.24) is 10.2 Å². The van der Waals surface area contributed by atoms with Crippen molar-refractivity contribution in [2.75, 3.05) is 6.54 Å². The first-order chi connectivity index (χ1) is 16.4. The Morgan fingerprint density at radius 2 is 1.56 bits per heavy atom. The molecule has 0 heterocycles. The molecule has 1 N–H and O–H groups in total. The van der Waals surface area contributed by atoms with E-state index in [0.29, 0.717) is 24.5 Å². The summed E-state index contributed by atoms with van der Waals surface area (Å²) in [6.45, 7) is 7.03. The van der Waals surface area contributed by atoms with Crippen LogP contribution in [-0.4, -0.2) is 29.3 Å². The third-order valence-electron chi connectivity index (χ3n) is 6.01. The minimum absolute atomic E-state index is 0.0780. The number of benzene rings is 3. The van der Waals surface area contributed by atoms with Crippen molar-refractivity contribution < 1.29 is 9.59 Å². The average Bonchev–Trinajstić information content (AvgIpc) is 2.84. The van der Waals surface area contributed by atoms with Gasteiger partial charge in [0.2, 0.25) is 11.8 Å². The second-order valence-electron chi connectivity index (χ2n) is 8.74. The van der Waals surface area contributed by atoms with Crippen LogP contribution in [0.2, 0.25) is 5.02 Å². The number of aryl methyl sites for hydroxylation is 2. The fourth-order valence-corrected chi connectivity index (χ4v) is 4.02. The molecule has 5 heteroatoms. The predicted octanol–water partition coefficient (Wildman–Crippen LogP) is 5.67. The van der Waals surface area contributed by atoms with E-state index in [-0.39, 0.29) is 18.2 Å². The topological polar surface area (TPSA) is 49.4 Å². The molecule has 0 saturated heterocycles. The SMILES string of the molecule is CCCNC(=O)[C@H](Cc1ccccc1)N(Cc1ccc(Cl)cc1)C(=O)Cc1ccc(C)c(C)c1. The van der Waals surface area contributed by atoms with Gasteiger partial charge in [0, 0.05) is 24.5 Å². The van der Waals surface area contributed by atoms with Crippen molar-refractivity contribution in [1.29, 1.82) is 0 Å². The Bertz CT molecular complexity index is 1100. The molecule has 0 saturated carbocycles. The third kappa shape index (κ3) is 7.19. The molecule has 4 nitrogen and oxygen atoms in total. The molecule has 1 atom stereocenters. The first-order valence-electron chi connectivity index (χ1n) is 11.8. The summed E-state index contributed by atoms with van der Waals surface area (Å²) in [6, 6.07) is 22.7. The lowest BCUT2D eigenvalue weighted by Gasteiger charge is -2.32. The first kappa shape index (κ1) is 25.5. The zero-order valence-corrected chi connectivity index (χ0v) is 20.9. The highest BCUT2D eigenvalue weighted by molar-refractivity contribution is 6.30. The quantitative estimate of drug-likeness (QED) is 0.410. The molecular weight excluding hydrogens is 444 g/mol. The van der Waals surface area contributed by atoms with Crippen LogP contribution in [0.25, 0.3) is 0 Å². The van der Waals surface area contributed by atoms with Crippen molar-refractivity contribution >= 4 is 23.4 Å². The summed E-state index contributed by atoms with van der Waals surface area (Å²) in [5.74, 6) is -0.209. The average molecular weight is 477 g/mol. The first-order valence-corrected chi connectivity index (χ1v) is 12.2. The maximum absolute atomic E-state index is 13.7. The molecule has 3 rings (SSSR count). The van der Waals surface area contributed by atoms with E-state index < -0.39 is 6.04 Å². The van der Waals surface area contributed by atoms with Crippen molar-refractivity contribution in [3.63, 3.8) is 0 Å². The molecule has 0 aliphatic rings. The Morgan fingerprint density at radius 3 is 2.21 bits per heavy atom. The van der Waals surface area contributed by atoms with Gasteiger partial charge in [-0.05, 0) is 60.2 Å². The summed E-state index contributed by atoms with van der Waals surface area (Å²) >= 11 is 6.08. The zero-order valence-electron chi connectivity index (χ0n) is 20.2. The largest absolute Gasteiger partial charge is 0.354 e. The van der Waals surface area contributed by atoms with Crippen LogP contribution in [0.3, 0.4) is 0 Å². The van der Waals surface area contributed by atoms with E-state index >= 15 is 0 Å². The summed E-state index contributed by atoms with van der Waals surface area (Å²) in [5, 5.41) is 3.65. The van der Waals surface area contributed by atoms with E-state index in [2.05, 4.69) is 18.3 Å². The number of amides is 2. The molecule has 0 spiro atoms. The van der Waals surface area contributed by atoms with Crippen LogP contribution in [0.1, 0.15) is 41.2 Å². The second-order valence-corrected chi connectivity index (χ2v) is 9.18. The third-order valence-corrected chi connectivity index (χ3v) is 6.27. The number of hydrogen-bond acceptors (Lipinski definition) is 2. The van der Waals surface area contributed by atoms with Gasteiger partial charge in [-0.25, -0.2) is 0 Å². The van der Waals surface area contributed by atoms with Crippen molar-refractivity contribution in [2.45, 2.75) is 52.6 Å². The van der Waals surface area contributed by atoms with Gasteiger partial charge in [-0.3, -0.25) is 9.59 Å². The molecule has 0 fully saturated rings. The number of halogens is 1. The Hall–Kier alpha value is -3.11. The number of nitrogens with one attached hydrogen (secondary N) is 1. The number of carbonyl (C=O) groups is 2. The summed E-state index contributed by atoms with van der Waals surface area (Å²) in [4.78, 5) is 28.8. The van der Waals surface area contributed by atoms with Gasteiger partial charge in [-0.1, -0.05) is 79.2 Å². The van der Waals surface area contributed by atoms with Gasteiger partial charge in [0.05, 0.1) is 6.42 Å². The standard InChI is InChI=1S/C29H33ClN2O2/c1-4-16-31-29(34)27(18-23-8-6-5-7-9-23)32(20-24-12-14-26(30)15-13-24)28(33)19-25-11-10-21(2)22(3)17-25/h5-15,17,27H,4,16,18-20H2,1-3H3,(H,31,34)/t27-/m0/s1. The van der Waals surface area contributed by atoms with Gasteiger partial charge in [-0.2, -0.15) is 0 Å². The van der Waals surface area contributed by atoms with Gasteiger partial charge < -0.3 is 10.2 Å². The minimum Gasteiger partial charge on any atom is -0.354 e. The Morgan fingerprint density at radius 1 is 0.882 bits per heavy atom. The number of nitrogens with zero attached hydrogens (tertiary/aromatic N) is 1. The predicted molar refractivity (Wildman–Crippen MR) is 139 cm³/mol. The summed E-state index contributed by atoms with van der Waals surface area (Å²) in [7, 11) is 0. The smallest absolute Gasteiger partial charge is 0.243 e. The second kappa shape index (κ2) is 12.4. The summed E-state index contributed by atoms with van der Waals surface area (Å²) in [6.07, 6.45) is 1.52. The summed E-state index contributed by atoms with van der Waals surface area (Å²) < 4.78 is 0. The van der Waals surface area contributed by atoms with E-state index in [1.165, 1.54) is 5.56 Å². The summed E-state index contributed by atoms with van der Waals surface area (Å²) in [5.41, 5.74) is 5.23. The maximum Gasteiger partial charge on any atom is 0.243 e. The Balaban J connectivity index is 1.95. The fourth-order valence-electron chi connectivity index (χ4n) is 3.90. The van der Waals surface area contributed by atoms with Crippen LogP contribution in [0.5, 0.6) is 0 Å². The lowest BCUT2D eigenvalue weighted by molar-refractivity contribution is -0.140. The van der Waals surface area contributed by atoms with Gasteiger partial charge in [0.1, 0.15) is 6.04 Å². The molecule has 0 aliphatic heterocycles. The monoisotopic (exact) mass is 476 g/mol. The number of hydrogen-bond donors (Lipinski definition) is 1. The highest BCUT2D eigenvalue weighted by Crippen LogP contribution is 2.19. The highest BCUT2D eigenvalue weighted by atomic mass is 35.5. The molecule has 3 aromatic carbocycles. The molecule has 0 unspecified atom stereocenters. The van der Waals surface area contributed by atoms with Gasteiger partial charge in [0.15, 0.2) is 0 Å². The Labute approximate surface area is 207 Å². The van der Waals surface area contributed by atoms with Crippen molar-refractivity contribution in [3.8, 4) is 0 Å². The molecular formula is C29H33ClN2O2. The van der Waals surface area contributed by atoms with E-state index in [0.717, 1.165) is 28.7 Å². The van der Waals surface area contributed by atoms with Crippen LogP contribution in [0.15, 0.2) is 72.8 Å². The van der Waals surface area contributed by atoms with Gasteiger partial charge in [-0.15, -0.1) is 0 Å². The molecule has 34 heavy (non-hydrogen) atoms. The molecule has 0 aliphatic carbocycles. The molecule has 0 bridgehead atoms. The molecule has 0 aromatic heterocycles. The van der Waals surface area contributed by atoms with Crippen molar-refractivity contribution in [3.05, 3.63) is 106 Å². The van der Waals surface area contributed by atoms with Crippen LogP contribution in [-0.2, 0) is 29.0 Å². The van der Waals surface area contributed by atoms with Crippen LogP contribution in [0, 0.1) is 13.8 Å². The van der Waals surface area contributed by atoms with Crippen LogP contribution in [0.4, 0.5) is 0 Å². The lowest BCUT2D eigenvalue weighted by atomic mass is 10.00. The molecule has 0 radical (unpaired) electrons. The number of rotatable bonds is 10. The van der Waals surface area contributed by atoms with Crippen molar-refractivity contribution in [2.24, 2.45) is 0 Å². The normalized spacial score (nSPS) is 11.6. The highest BCUT2D eigenvalue weighted by Gasteiger charge is 2.30. The van der Waals surface area contributed by atoms with E-state index in [1.54, 1.807) is 4.90 Å². The fraction of sp³-hybridized carbons (Fsp3) is 0.310. The zero-order chi connectivity index (χ0) is 24.5. The van der Waals surface area contributed by atoms with Crippen LogP contribution < -0.4 is 5.32 Å². The molecule has 2 amide bonds. The van der Waals surface area contributed by atoms with Gasteiger partial charge >= 0.3 is 0 Å². The van der Waals surface area contributed by atoms with Crippen LogP contribution >= 0.6 is 11.6 Å². The lowest BCUT2D eigenvalue weighted by Crippen LogP contribution is -2.51. The van der Waals surface area contributed by atoms with Gasteiger partial charge in [0.25, 0.3) is 0 Å². The van der Waals surface area contributed by atoms with E-state index in [9.17, 15) is 9.59 Å². The van der Waals surface area contributed by atoms with E-state index in [4.69, 9.17) is 11.6 Å². The maximum atomic E-state index is 13.7. The minimum atomic E-state index is -0.622. The molecule has 3 aromatic rings. The Kier molecular flexibility index (Phi) is 9.29. The molecule has 178 valence electrons. The number of carbonyl (C=O) groups excluding carboxylic acids is 2. The van der Waals surface area contributed by atoms with E-state index in [1.807, 2.05) is 80.6 Å².